The van der Waals surface area contributed by atoms with Gasteiger partial charge in [0.25, 0.3) is 0 Å². The number of hydrogen-bond acceptors (Lipinski definition) is 6. The van der Waals surface area contributed by atoms with E-state index in [-0.39, 0.29) is 34.9 Å². The SMILES string of the molecule is CO[C@@H]1CS(=O)(=O)C[C@@H]1N1CC(C)(C)OC2(CCOC2)C1. The van der Waals surface area contributed by atoms with E-state index in [0.29, 0.717) is 13.2 Å². The highest BCUT2D eigenvalue weighted by atomic mass is 32.2. The van der Waals surface area contributed by atoms with Crippen LogP contribution in [-0.2, 0) is 24.0 Å². The third-order valence-corrected chi connectivity index (χ3v) is 6.36. The number of methoxy groups -OCH3 is 1. The van der Waals surface area contributed by atoms with Gasteiger partial charge in [0.1, 0.15) is 5.60 Å². The summed E-state index contributed by atoms with van der Waals surface area (Å²) < 4.78 is 41.2. The van der Waals surface area contributed by atoms with Crippen molar-refractivity contribution in [3.8, 4) is 0 Å². The van der Waals surface area contributed by atoms with Gasteiger partial charge < -0.3 is 14.2 Å². The lowest BCUT2D eigenvalue weighted by atomic mass is 9.93. The van der Waals surface area contributed by atoms with Crippen molar-refractivity contribution in [2.45, 2.75) is 43.6 Å². The molecule has 0 aromatic heterocycles. The average Bonchev–Trinajstić information content (AvgIpc) is 2.91. The molecule has 3 heterocycles. The topological polar surface area (TPSA) is 65.1 Å². The Labute approximate surface area is 126 Å². The fourth-order valence-corrected chi connectivity index (χ4v) is 5.90. The quantitative estimate of drug-likeness (QED) is 0.718. The van der Waals surface area contributed by atoms with Crippen molar-refractivity contribution in [2.24, 2.45) is 0 Å². The first-order valence-electron chi connectivity index (χ1n) is 7.49. The lowest BCUT2D eigenvalue weighted by Gasteiger charge is -2.50. The molecule has 3 saturated heterocycles. The fraction of sp³-hybridized carbons (Fsp3) is 1.00. The molecular weight excluding hydrogens is 294 g/mol. The number of rotatable bonds is 2. The second-order valence-electron chi connectivity index (χ2n) is 7.17. The molecule has 0 aromatic carbocycles. The van der Waals surface area contributed by atoms with Crippen molar-refractivity contribution in [2.75, 3.05) is 44.9 Å². The van der Waals surface area contributed by atoms with Crippen molar-refractivity contribution >= 4 is 9.84 Å². The number of ether oxygens (including phenoxy) is 3. The summed E-state index contributed by atoms with van der Waals surface area (Å²) in [6.07, 6.45) is 0.618. The minimum Gasteiger partial charge on any atom is -0.379 e. The molecular formula is C14H25NO5S. The molecule has 0 saturated carbocycles. The van der Waals surface area contributed by atoms with Gasteiger partial charge in [-0.15, -0.1) is 0 Å². The van der Waals surface area contributed by atoms with E-state index in [4.69, 9.17) is 14.2 Å². The zero-order valence-corrected chi connectivity index (χ0v) is 13.8. The van der Waals surface area contributed by atoms with Gasteiger partial charge in [0.15, 0.2) is 9.84 Å². The van der Waals surface area contributed by atoms with Crippen molar-refractivity contribution in [3.05, 3.63) is 0 Å². The van der Waals surface area contributed by atoms with Crippen LogP contribution in [-0.4, -0.2) is 81.6 Å². The molecule has 3 aliphatic heterocycles. The Bertz CT molecular complexity index is 497. The molecule has 122 valence electrons. The van der Waals surface area contributed by atoms with E-state index in [1.807, 2.05) is 0 Å². The van der Waals surface area contributed by atoms with E-state index in [2.05, 4.69) is 18.7 Å². The highest BCUT2D eigenvalue weighted by Crippen LogP contribution is 2.37. The Kier molecular flexibility index (Phi) is 3.85. The summed E-state index contributed by atoms with van der Waals surface area (Å²) in [5.74, 6) is 0.300. The summed E-state index contributed by atoms with van der Waals surface area (Å²) in [5.41, 5.74) is -0.608. The first-order valence-corrected chi connectivity index (χ1v) is 9.32. The summed E-state index contributed by atoms with van der Waals surface area (Å²) in [7, 11) is -1.42. The first kappa shape index (κ1) is 15.7. The van der Waals surface area contributed by atoms with Crippen molar-refractivity contribution in [1.29, 1.82) is 0 Å². The first-order chi connectivity index (χ1) is 9.74. The molecule has 3 aliphatic rings. The van der Waals surface area contributed by atoms with Crippen LogP contribution >= 0.6 is 0 Å². The molecule has 1 spiro atoms. The predicted octanol–water partition coefficient (Wildman–Crippen LogP) is 0.0683. The molecule has 0 aliphatic carbocycles. The van der Waals surface area contributed by atoms with Crippen LogP contribution in [0.25, 0.3) is 0 Å². The third kappa shape index (κ3) is 3.12. The van der Waals surface area contributed by atoms with E-state index < -0.39 is 9.84 Å². The zero-order chi connectivity index (χ0) is 15.3. The van der Waals surface area contributed by atoms with Crippen LogP contribution in [0.5, 0.6) is 0 Å². The molecule has 6 nitrogen and oxygen atoms in total. The van der Waals surface area contributed by atoms with Gasteiger partial charge in [0.2, 0.25) is 0 Å². The van der Waals surface area contributed by atoms with Crippen LogP contribution in [0, 0.1) is 0 Å². The zero-order valence-electron chi connectivity index (χ0n) is 13.0. The molecule has 0 N–H and O–H groups in total. The Balaban J connectivity index is 1.83. The van der Waals surface area contributed by atoms with Crippen molar-refractivity contribution in [3.63, 3.8) is 0 Å². The Morgan fingerprint density at radius 3 is 2.62 bits per heavy atom. The number of sulfone groups is 1. The maximum absolute atomic E-state index is 12.0. The third-order valence-electron chi connectivity index (χ3n) is 4.68. The van der Waals surface area contributed by atoms with Crippen LogP contribution in [0.2, 0.25) is 0 Å². The van der Waals surface area contributed by atoms with E-state index in [9.17, 15) is 8.42 Å². The number of nitrogens with zero attached hydrogens (tertiary/aromatic N) is 1. The van der Waals surface area contributed by atoms with Crippen LogP contribution in [0.3, 0.4) is 0 Å². The second kappa shape index (κ2) is 5.16. The monoisotopic (exact) mass is 319 g/mol. The minimum absolute atomic E-state index is 0.0827. The average molecular weight is 319 g/mol. The smallest absolute Gasteiger partial charge is 0.154 e. The molecule has 0 amide bonds. The number of hydrogen-bond donors (Lipinski definition) is 0. The highest BCUT2D eigenvalue weighted by molar-refractivity contribution is 7.91. The Hall–Kier alpha value is -0.210. The van der Waals surface area contributed by atoms with Gasteiger partial charge in [0.05, 0.1) is 35.9 Å². The van der Waals surface area contributed by atoms with E-state index in [1.54, 1.807) is 7.11 Å². The summed E-state index contributed by atoms with van der Waals surface area (Å²) >= 11 is 0. The van der Waals surface area contributed by atoms with Crippen LogP contribution < -0.4 is 0 Å². The van der Waals surface area contributed by atoms with E-state index >= 15 is 0 Å². The van der Waals surface area contributed by atoms with Crippen molar-refractivity contribution in [1.82, 2.24) is 4.90 Å². The molecule has 21 heavy (non-hydrogen) atoms. The normalized spacial score (nSPS) is 42.6. The maximum Gasteiger partial charge on any atom is 0.154 e. The summed E-state index contributed by atoms with van der Waals surface area (Å²) in [5, 5.41) is 0. The molecule has 0 aromatic rings. The second-order valence-corrected chi connectivity index (χ2v) is 9.32. The van der Waals surface area contributed by atoms with Gasteiger partial charge in [-0.3, -0.25) is 4.90 Å². The maximum atomic E-state index is 12.0. The standard InChI is InChI=1S/C14H25NO5S/c1-13(2)8-15(9-14(20-13)4-5-19-10-14)11-6-21(16,17)7-12(11)18-3/h11-12H,4-10H2,1-3H3/t11-,12+,14?/m0/s1. The predicted molar refractivity (Wildman–Crippen MR) is 78.1 cm³/mol. The van der Waals surface area contributed by atoms with Gasteiger partial charge >= 0.3 is 0 Å². The van der Waals surface area contributed by atoms with Crippen LogP contribution in [0.15, 0.2) is 0 Å². The van der Waals surface area contributed by atoms with Gasteiger partial charge in [-0.05, 0) is 13.8 Å². The Morgan fingerprint density at radius 2 is 2.00 bits per heavy atom. The van der Waals surface area contributed by atoms with Crippen LogP contribution in [0.4, 0.5) is 0 Å². The van der Waals surface area contributed by atoms with E-state index in [0.717, 1.165) is 19.5 Å². The summed E-state index contributed by atoms with van der Waals surface area (Å²) in [6.45, 7) is 6.85. The van der Waals surface area contributed by atoms with Gasteiger partial charge in [-0.1, -0.05) is 0 Å². The Morgan fingerprint density at radius 1 is 1.24 bits per heavy atom. The molecule has 3 rings (SSSR count). The lowest BCUT2D eigenvalue weighted by Crippen LogP contribution is -2.63. The minimum atomic E-state index is -3.02. The van der Waals surface area contributed by atoms with Crippen molar-refractivity contribution < 1.29 is 22.6 Å². The molecule has 0 bridgehead atoms. The van der Waals surface area contributed by atoms with Gasteiger partial charge in [-0.2, -0.15) is 0 Å². The molecule has 1 unspecified atom stereocenters. The number of morpholine rings is 1. The van der Waals surface area contributed by atoms with E-state index in [1.165, 1.54) is 0 Å². The molecule has 7 heteroatoms. The van der Waals surface area contributed by atoms with Gasteiger partial charge in [0, 0.05) is 33.2 Å². The fourth-order valence-electron chi connectivity index (χ4n) is 3.96. The largest absolute Gasteiger partial charge is 0.379 e. The molecule has 3 atom stereocenters. The molecule has 0 radical (unpaired) electrons. The molecule has 3 fully saturated rings. The highest BCUT2D eigenvalue weighted by Gasteiger charge is 2.51. The lowest BCUT2D eigenvalue weighted by molar-refractivity contribution is -0.205. The summed E-state index contributed by atoms with van der Waals surface area (Å²) in [4.78, 5) is 2.25. The summed E-state index contributed by atoms with van der Waals surface area (Å²) in [6, 6.07) is -0.0827. The van der Waals surface area contributed by atoms with Gasteiger partial charge in [-0.25, -0.2) is 8.42 Å². The van der Waals surface area contributed by atoms with Crippen LogP contribution in [0.1, 0.15) is 20.3 Å².